The van der Waals surface area contributed by atoms with Crippen LogP contribution in [0.15, 0.2) is 24.5 Å². The molecule has 4 nitrogen and oxygen atoms in total. The molecule has 0 spiro atoms. The molecule has 16 heavy (non-hydrogen) atoms. The maximum absolute atomic E-state index is 12.1. The molecule has 1 saturated heterocycles. The van der Waals surface area contributed by atoms with Gasteiger partial charge >= 0.3 is 0 Å². The van der Waals surface area contributed by atoms with E-state index in [1.807, 2.05) is 19.1 Å². The number of aromatic nitrogens is 1. The number of rotatable bonds is 3. The first-order chi connectivity index (χ1) is 7.79. The van der Waals surface area contributed by atoms with Crippen LogP contribution in [0.1, 0.15) is 18.4 Å². The van der Waals surface area contributed by atoms with Crippen molar-refractivity contribution in [1.29, 1.82) is 0 Å². The fourth-order valence-corrected chi connectivity index (χ4v) is 1.75. The van der Waals surface area contributed by atoms with Gasteiger partial charge in [0.25, 0.3) is 0 Å². The van der Waals surface area contributed by atoms with Gasteiger partial charge in [-0.3, -0.25) is 9.78 Å². The highest BCUT2D eigenvalue weighted by atomic mass is 16.6. The molecule has 4 heteroatoms. The van der Waals surface area contributed by atoms with Gasteiger partial charge in [-0.25, -0.2) is 0 Å². The van der Waals surface area contributed by atoms with Crippen molar-refractivity contribution in [2.24, 2.45) is 0 Å². The summed E-state index contributed by atoms with van der Waals surface area (Å²) in [6.45, 7) is 3.33. The van der Waals surface area contributed by atoms with E-state index in [9.17, 15) is 4.79 Å². The van der Waals surface area contributed by atoms with Crippen LogP contribution in [0.5, 0.6) is 0 Å². The second-order valence-electron chi connectivity index (χ2n) is 3.84. The minimum Gasteiger partial charge on any atom is -0.376 e. The number of ether oxygens (including phenoxy) is 2. The summed E-state index contributed by atoms with van der Waals surface area (Å²) in [5.41, 5.74) is 0.967. The van der Waals surface area contributed by atoms with E-state index < -0.39 is 6.10 Å². The van der Waals surface area contributed by atoms with Gasteiger partial charge in [0.15, 0.2) is 5.78 Å². The van der Waals surface area contributed by atoms with Crippen LogP contribution in [0.2, 0.25) is 0 Å². The fourth-order valence-electron chi connectivity index (χ4n) is 1.75. The molecule has 2 atom stereocenters. The third kappa shape index (κ3) is 2.46. The second-order valence-corrected chi connectivity index (χ2v) is 3.84. The molecule has 0 amide bonds. The lowest BCUT2D eigenvalue weighted by atomic mass is 9.94. The van der Waals surface area contributed by atoms with Crippen LogP contribution < -0.4 is 0 Å². The van der Waals surface area contributed by atoms with Gasteiger partial charge in [-0.2, -0.15) is 0 Å². The van der Waals surface area contributed by atoms with Crippen LogP contribution in [-0.4, -0.2) is 36.7 Å². The lowest BCUT2D eigenvalue weighted by Gasteiger charge is -2.24. The molecule has 0 aromatic carbocycles. The van der Waals surface area contributed by atoms with E-state index in [-0.39, 0.29) is 11.7 Å². The van der Waals surface area contributed by atoms with Crippen molar-refractivity contribution < 1.29 is 14.3 Å². The molecule has 1 aliphatic rings. The molecule has 0 bridgehead atoms. The first-order valence-electron chi connectivity index (χ1n) is 5.42. The van der Waals surface area contributed by atoms with Gasteiger partial charge in [0.05, 0.1) is 19.8 Å². The summed E-state index contributed by atoms with van der Waals surface area (Å²) in [4.78, 5) is 16.0. The predicted octanol–water partition coefficient (Wildman–Crippen LogP) is 1.17. The maximum atomic E-state index is 12.1. The van der Waals surface area contributed by atoms with Crippen molar-refractivity contribution in [3.63, 3.8) is 0 Å². The number of Topliss-reactive ketones (excluding diaryl/α,β-unsaturated/α-hetero) is 1. The smallest absolute Gasteiger partial charge is 0.171 e. The first-order valence-corrected chi connectivity index (χ1v) is 5.42. The molecule has 0 aliphatic carbocycles. The first kappa shape index (κ1) is 11.2. The number of hydrogen-bond acceptors (Lipinski definition) is 4. The molecule has 0 radical (unpaired) electrons. The van der Waals surface area contributed by atoms with Gasteiger partial charge in [-0.05, 0) is 17.7 Å². The minimum absolute atomic E-state index is 0.0749. The normalized spacial score (nSPS) is 22.7. The molecular weight excluding hydrogens is 206 g/mol. The topological polar surface area (TPSA) is 48.4 Å². The molecule has 1 aromatic rings. The summed E-state index contributed by atoms with van der Waals surface area (Å²) >= 11 is 0. The highest BCUT2D eigenvalue weighted by molar-refractivity contribution is 5.89. The number of carbonyl (C=O) groups is 1. The Hall–Kier alpha value is -1.26. The van der Waals surface area contributed by atoms with E-state index in [0.717, 1.165) is 5.56 Å². The van der Waals surface area contributed by atoms with E-state index >= 15 is 0 Å². The summed E-state index contributed by atoms with van der Waals surface area (Å²) < 4.78 is 10.6. The molecular formula is C12H15NO3. The molecule has 0 N–H and O–H groups in total. The van der Waals surface area contributed by atoms with Crippen LogP contribution in [0.4, 0.5) is 0 Å². The lowest BCUT2D eigenvalue weighted by molar-refractivity contribution is -0.146. The van der Waals surface area contributed by atoms with E-state index in [0.29, 0.717) is 19.8 Å². The van der Waals surface area contributed by atoms with Gasteiger partial charge in [0, 0.05) is 18.3 Å². The van der Waals surface area contributed by atoms with Gasteiger partial charge in [-0.1, -0.05) is 6.92 Å². The van der Waals surface area contributed by atoms with E-state index in [4.69, 9.17) is 9.47 Å². The molecule has 86 valence electrons. The third-order valence-electron chi connectivity index (χ3n) is 2.77. The summed E-state index contributed by atoms with van der Waals surface area (Å²) in [6, 6.07) is 3.71. The van der Waals surface area contributed by atoms with Gasteiger partial charge in [0.2, 0.25) is 0 Å². The average molecular weight is 221 g/mol. The minimum atomic E-state index is -0.420. The predicted molar refractivity (Wildman–Crippen MR) is 58.2 cm³/mol. The molecule has 2 rings (SSSR count). The van der Waals surface area contributed by atoms with Crippen LogP contribution in [-0.2, 0) is 14.3 Å². The zero-order valence-corrected chi connectivity index (χ0v) is 9.26. The van der Waals surface area contributed by atoms with Crippen LogP contribution >= 0.6 is 0 Å². The number of ketones is 1. The highest BCUT2D eigenvalue weighted by Gasteiger charge is 2.27. The molecule has 2 unspecified atom stereocenters. The molecule has 1 aliphatic heterocycles. The van der Waals surface area contributed by atoms with Crippen LogP contribution in [0.25, 0.3) is 0 Å². The van der Waals surface area contributed by atoms with Crippen LogP contribution in [0, 0.1) is 0 Å². The van der Waals surface area contributed by atoms with Crippen molar-refractivity contribution >= 4 is 5.78 Å². The van der Waals surface area contributed by atoms with E-state index in [1.54, 1.807) is 12.4 Å². The number of hydrogen-bond donors (Lipinski definition) is 0. The zero-order chi connectivity index (χ0) is 11.4. The molecule has 0 saturated carbocycles. The lowest BCUT2D eigenvalue weighted by Crippen LogP contribution is -2.37. The Labute approximate surface area is 94.6 Å². The molecule has 1 aromatic heterocycles. The largest absolute Gasteiger partial charge is 0.376 e. The van der Waals surface area contributed by atoms with Gasteiger partial charge in [-0.15, -0.1) is 0 Å². The number of nitrogens with zero attached hydrogens (tertiary/aromatic N) is 1. The van der Waals surface area contributed by atoms with Crippen molar-refractivity contribution in [3.05, 3.63) is 30.1 Å². The second kappa shape index (κ2) is 5.18. The zero-order valence-electron chi connectivity index (χ0n) is 9.26. The standard InChI is InChI=1S/C12H15NO3/c1-9(10-2-4-13-5-3-10)12(14)11-8-15-6-7-16-11/h2-5,9,11H,6-8H2,1H3. The van der Waals surface area contributed by atoms with Crippen LogP contribution in [0.3, 0.4) is 0 Å². The number of pyridine rings is 1. The number of carbonyl (C=O) groups excluding carboxylic acids is 1. The van der Waals surface area contributed by atoms with Gasteiger partial charge in [0.1, 0.15) is 6.10 Å². The average Bonchev–Trinajstić information content (AvgIpc) is 2.39. The Morgan fingerprint density at radius 3 is 2.81 bits per heavy atom. The monoisotopic (exact) mass is 221 g/mol. The van der Waals surface area contributed by atoms with Crippen molar-refractivity contribution in [2.45, 2.75) is 18.9 Å². The Bertz CT molecular complexity index is 347. The van der Waals surface area contributed by atoms with Gasteiger partial charge < -0.3 is 9.47 Å². The van der Waals surface area contributed by atoms with E-state index in [1.165, 1.54) is 0 Å². The Morgan fingerprint density at radius 1 is 1.44 bits per heavy atom. The third-order valence-corrected chi connectivity index (χ3v) is 2.77. The SMILES string of the molecule is CC(C(=O)C1COCCO1)c1ccncc1. The Morgan fingerprint density at radius 2 is 2.19 bits per heavy atom. The summed E-state index contributed by atoms with van der Waals surface area (Å²) in [5.74, 6) is -0.0967. The van der Waals surface area contributed by atoms with E-state index in [2.05, 4.69) is 4.98 Å². The molecule has 1 fully saturated rings. The highest BCUT2D eigenvalue weighted by Crippen LogP contribution is 2.19. The quantitative estimate of drug-likeness (QED) is 0.768. The van der Waals surface area contributed by atoms with Crippen molar-refractivity contribution in [3.8, 4) is 0 Å². The van der Waals surface area contributed by atoms with Crippen molar-refractivity contribution in [1.82, 2.24) is 4.98 Å². The Kier molecular flexibility index (Phi) is 3.64. The summed E-state index contributed by atoms with van der Waals surface area (Å²) in [5, 5.41) is 0. The fraction of sp³-hybridized carbons (Fsp3) is 0.500. The summed E-state index contributed by atoms with van der Waals surface area (Å²) in [6.07, 6.45) is 2.96. The summed E-state index contributed by atoms with van der Waals surface area (Å²) in [7, 11) is 0. The Balaban J connectivity index is 2.04. The molecule has 2 heterocycles. The maximum Gasteiger partial charge on any atom is 0.171 e. The van der Waals surface area contributed by atoms with Crippen molar-refractivity contribution in [2.75, 3.05) is 19.8 Å².